The molecular weight excluding hydrogens is 1090 g/mol. The van der Waals surface area contributed by atoms with Gasteiger partial charge in [-0.3, -0.25) is 4.79 Å². The number of carbonyl (C=O) groups is 1. The summed E-state index contributed by atoms with van der Waals surface area (Å²) in [6.45, 7) is 2.94. The van der Waals surface area contributed by atoms with Gasteiger partial charge in [0, 0.05) is 6.42 Å². The first-order valence-electron chi connectivity index (χ1n) is 37.3. The van der Waals surface area contributed by atoms with Crippen molar-refractivity contribution in [1.82, 2.24) is 5.32 Å². The summed E-state index contributed by atoms with van der Waals surface area (Å²) in [4.78, 5) is 13.4. The Morgan fingerprint density at radius 1 is 0.372 bits per heavy atom. The van der Waals surface area contributed by atoms with Crippen LogP contribution < -0.4 is 5.32 Å². The van der Waals surface area contributed by atoms with Crippen molar-refractivity contribution in [3.05, 3.63) is 0 Å². The molecule has 86 heavy (non-hydrogen) atoms. The summed E-state index contributed by atoms with van der Waals surface area (Å²) in [7, 11) is 0. The van der Waals surface area contributed by atoms with Gasteiger partial charge in [-0.25, -0.2) is 0 Å². The van der Waals surface area contributed by atoms with E-state index in [0.717, 1.165) is 51.4 Å². The van der Waals surface area contributed by atoms with Crippen molar-refractivity contribution in [1.29, 1.82) is 0 Å². The second-order valence-corrected chi connectivity index (χ2v) is 26.8. The predicted molar refractivity (Wildman–Crippen MR) is 351 cm³/mol. The highest BCUT2D eigenvalue weighted by molar-refractivity contribution is 5.76. The van der Waals surface area contributed by atoms with Gasteiger partial charge < -0.3 is 65.1 Å². The van der Waals surface area contributed by atoms with Gasteiger partial charge >= 0.3 is 0 Å². The van der Waals surface area contributed by atoms with Crippen LogP contribution in [0.4, 0.5) is 0 Å². The lowest BCUT2D eigenvalue weighted by atomic mass is 9.97. The third-order valence-corrected chi connectivity index (χ3v) is 18.8. The maximum atomic E-state index is 13.4. The van der Waals surface area contributed by atoms with Gasteiger partial charge in [-0.2, -0.15) is 0 Å². The largest absolute Gasteiger partial charge is 0.394 e. The van der Waals surface area contributed by atoms with Gasteiger partial charge in [-0.15, -0.1) is 0 Å². The molecule has 12 atom stereocenters. The van der Waals surface area contributed by atoms with Gasteiger partial charge in [0.25, 0.3) is 0 Å². The normalized spacial score (nSPS) is 23.3. The Bertz CT molecular complexity index is 1450. The first-order chi connectivity index (χ1) is 42.1. The Labute approximate surface area is 527 Å². The molecule has 0 saturated carbocycles. The van der Waals surface area contributed by atoms with Crippen LogP contribution in [0.25, 0.3) is 0 Å². The lowest BCUT2D eigenvalue weighted by molar-refractivity contribution is -0.359. The number of hydrogen-bond acceptors (Lipinski definition) is 13. The SMILES string of the molecule is CCCCCCCCCCCCCCCCCCCCCCCCCCCCCCCC(=O)NC(COC1OC(CO)C(OC2OC(CO)C(O)C(O)C2O)C(O)C1O)C(O)CCCCCCCCCCCCCCCCCCCCCCCCC. The van der Waals surface area contributed by atoms with E-state index in [2.05, 4.69) is 19.2 Å². The molecule has 2 saturated heterocycles. The maximum absolute atomic E-state index is 13.4. The van der Waals surface area contributed by atoms with Gasteiger partial charge in [0.15, 0.2) is 12.6 Å². The first-order valence-corrected chi connectivity index (χ1v) is 37.3. The molecule has 0 aliphatic carbocycles. The van der Waals surface area contributed by atoms with Crippen molar-refractivity contribution in [3.8, 4) is 0 Å². The second-order valence-electron chi connectivity index (χ2n) is 26.8. The van der Waals surface area contributed by atoms with Crippen molar-refractivity contribution in [3.63, 3.8) is 0 Å². The molecule has 0 aromatic heterocycles. The average molecular weight is 1230 g/mol. The van der Waals surface area contributed by atoms with Crippen LogP contribution in [-0.4, -0.2) is 140 Å². The summed E-state index contributed by atoms with van der Waals surface area (Å²) in [5, 5.41) is 87.7. The molecule has 14 nitrogen and oxygen atoms in total. The molecule has 2 aliphatic heterocycles. The third kappa shape index (κ3) is 41.5. The van der Waals surface area contributed by atoms with E-state index in [1.165, 1.54) is 283 Å². The van der Waals surface area contributed by atoms with Crippen molar-refractivity contribution in [2.75, 3.05) is 19.8 Å². The molecule has 1 amide bonds. The second kappa shape index (κ2) is 57.9. The summed E-state index contributed by atoms with van der Waals surface area (Å²) >= 11 is 0. The van der Waals surface area contributed by atoms with Crippen molar-refractivity contribution in [2.45, 2.75) is 434 Å². The quantitative estimate of drug-likeness (QED) is 0.0259. The number of amides is 1. The zero-order chi connectivity index (χ0) is 62.3. The smallest absolute Gasteiger partial charge is 0.220 e. The van der Waals surface area contributed by atoms with Crippen LogP contribution >= 0.6 is 0 Å². The molecule has 2 rings (SSSR count). The lowest BCUT2D eigenvalue weighted by Crippen LogP contribution is -2.65. The zero-order valence-corrected chi connectivity index (χ0v) is 55.9. The topological polar surface area (TPSA) is 228 Å². The number of aliphatic hydroxyl groups excluding tert-OH is 8. The fourth-order valence-corrected chi connectivity index (χ4v) is 12.9. The minimum atomic E-state index is -1.78. The molecule has 0 bridgehead atoms. The van der Waals surface area contributed by atoms with Crippen LogP contribution in [0, 0.1) is 0 Å². The number of hydrogen-bond donors (Lipinski definition) is 9. The van der Waals surface area contributed by atoms with E-state index in [9.17, 15) is 45.6 Å². The summed E-state index contributed by atoms with van der Waals surface area (Å²) in [6.07, 6.45) is 52.7. The fraction of sp³-hybridized carbons (Fsp3) is 0.986. The zero-order valence-electron chi connectivity index (χ0n) is 55.9. The van der Waals surface area contributed by atoms with Crippen LogP contribution in [0.5, 0.6) is 0 Å². The van der Waals surface area contributed by atoms with Gasteiger partial charge in [0.05, 0.1) is 32.0 Å². The molecule has 14 heteroatoms. The Morgan fingerprint density at radius 2 is 0.663 bits per heavy atom. The van der Waals surface area contributed by atoms with Crippen LogP contribution in [0.1, 0.15) is 361 Å². The van der Waals surface area contributed by atoms with Crippen LogP contribution in [-0.2, 0) is 23.7 Å². The summed E-state index contributed by atoms with van der Waals surface area (Å²) in [5.41, 5.74) is 0. The van der Waals surface area contributed by atoms with E-state index < -0.39 is 86.8 Å². The van der Waals surface area contributed by atoms with E-state index >= 15 is 0 Å². The van der Waals surface area contributed by atoms with Crippen LogP contribution in [0.2, 0.25) is 0 Å². The highest BCUT2D eigenvalue weighted by Gasteiger charge is 2.51. The standard InChI is InChI=1S/C72H141NO13/c1-3-5-7-9-11-13-15-17-19-21-23-25-27-28-29-30-31-32-34-36-38-40-42-44-46-48-50-52-54-56-64(77)73-60(59-83-71-69(82)67(80)70(63(58-75)85-71)86-72-68(81)66(79)65(78)62(57-74)84-72)61(76)55-53-51-49-47-45-43-41-39-37-35-33-26-24-22-20-18-16-14-12-10-8-6-4-2/h60-63,65-72,74-76,78-82H,3-59H2,1-2H3,(H,73,77). The van der Waals surface area contributed by atoms with Crippen LogP contribution in [0.3, 0.4) is 0 Å². The average Bonchev–Trinajstić information content (AvgIpc) is 2.53. The molecule has 0 aromatic rings. The van der Waals surface area contributed by atoms with E-state index in [1.54, 1.807) is 0 Å². The molecule has 9 N–H and O–H groups in total. The minimum Gasteiger partial charge on any atom is -0.394 e. The van der Waals surface area contributed by atoms with E-state index in [4.69, 9.17) is 18.9 Å². The lowest BCUT2D eigenvalue weighted by Gasteiger charge is -2.46. The van der Waals surface area contributed by atoms with Crippen molar-refractivity contribution >= 4 is 5.91 Å². The summed E-state index contributed by atoms with van der Waals surface area (Å²) < 4.78 is 23.0. The number of rotatable bonds is 63. The maximum Gasteiger partial charge on any atom is 0.220 e. The number of ether oxygens (including phenoxy) is 4. The number of aliphatic hydroxyl groups is 8. The molecule has 512 valence electrons. The highest BCUT2D eigenvalue weighted by atomic mass is 16.7. The summed E-state index contributed by atoms with van der Waals surface area (Å²) in [5.74, 6) is -0.196. The van der Waals surface area contributed by atoms with E-state index in [0.29, 0.717) is 12.8 Å². The predicted octanol–water partition coefficient (Wildman–Crippen LogP) is 15.6. The molecular formula is C72H141NO13. The number of unbranched alkanes of at least 4 members (excludes halogenated alkanes) is 50. The van der Waals surface area contributed by atoms with Crippen molar-refractivity contribution < 1.29 is 64.6 Å². The molecule has 2 aliphatic rings. The monoisotopic (exact) mass is 1230 g/mol. The Kier molecular flexibility index (Phi) is 54.5. The molecule has 2 heterocycles. The number of nitrogens with one attached hydrogen (secondary N) is 1. The van der Waals surface area contributed by atoms with E-state index in [1.807, 2.05) is 0 Å². The molecule has 0 aromatic carbocycles. The van der Waals surface area contributed by atoms with E-state index in [-0.39, 0.29) is 12.5 Å². The Morgan fingerprint density at radius 3 is 0.988 bits per heavy atom. The molecule has 2 fully saturated rings. The molecule has 12 unspecified atom stereocenters. The highest BCUT2D eigenvalue weighted by Crippen LogP contribution is 2.30. The Hall–Kier alpha value is -1.01. The van der Waals surface area contributed by atoms with Gasteiger partial charge in [-0.05, 0) is 12.8 Å². The van der Waals surface area contributed by atoms with Gasteiger partial charge in [-0.1, -0.05) is 341 Å². The summed E-state index contributed by atoms with van der Waals surface area (Å²) in [6, 6.07) is -0.825. The molecule has 0 spiro atoms. The van der Waals surface area contributed by atoms with Gasteiger partial charge in [0.2, 0.25) is 5.91 Å². The minimum absolute atomic E-state index is 0.196. The number of carbonyl (C=O) groups excluding carboxylic acids is 1. The van der Waals surface area contributed by atoms with Crippen molar-refractivity contribution in [2.24, 2.45) is 0 Å². The first kappa shape index (κ1) is 81.1. The fourth-order valence-electron chi connectivity index (χ4n) is 12.9. The Balaban J connectivity index is 1.63. The van der Waals surface area contributed by atoms with Crippen LogP contribution in [0.15, 0.2) is 0 Å². The third-order valence-electron chi connectivity index (χ3n) is 18.8. The molecule has 0 radical (unpaired) electrons. The van der Waals surface area contributed by atoms with Gasteiger partial charge in [0.1, 0.15) is 48.8 Å².